The Labute approximate surface area is 170 Å². The molecule has 0 unspecified atom stereocenters. The van der Waals surface area contributed by atoms with Crippen LogP contribution in [0.3, 0.4) is 0 Å². The summed E-state index contributed by atoms with van der Waals surface area (Å²) in [6.45, 7) is 0.860. The van der Waals surface area contributed by atoms with Crippen LogP contribution in [0, 0.1) is 0 Å². The van der Waals surface area contributed by atoms with E-state index in [-0.39, 0.29) is 5.91 Å². The molecule has 2 aromatic rings. The lowest BCUT2D eigenvalue weighted by Crippen LogP contribution is -2.43. The Morgan fingerprint density at radius 1 is 1.24 bits per heavy atom. The molecule has 0 radical (unpaired) electrons. The number of carbonyl (C=O) groups excluding carboxylic acids is 4. The van der Waals surface area contributed by atoms with Crippen molar-refractivity contribution in [1.29, 1.82) is 0 Å². The average Bonchev–Trinajstić information content (AvgIpc) is 3.35. The highest BCUT2D eigenvalue weighted by Crippen LogP contribution is 2.41. The van der Waals surface area contributed by atoms with E-state index in [1.54, 1.807) is 12.1 Å². The van der Waals surface area contributed by atoms with E-state index in [2.05, 4.69) is 5.32 Å². The van der Waals surface area contributed by atoms with Crippen LogP contribution in [0.15, 0.2) is 47.1 Å². The Morgan fingerprint density at radius 3 is 2.55 bits per heavy atom. The fraction of sp³-hybridized carbons (Fsp3) is 0.263. The number of nitrogens with one attached hydrogen (secondary N) is 1. The second kappa shape index (κ2) is 8.82. The lowest BCUT2D eigenvalue weighted by molar-refractivity contribution is -0.155. The van der Waals surface area contributed by atoms with Gasteiger partial charge >= 0.3 is 5.97 Å². The highest BCUT2D eigenvalue weighted by atomic mass is 32.2. The second-order valence-corrected chi connectivity index (χ2v) is 7.35. The van der Waals surface area contributed by atoms with Crippen LogP contribution in [0.1, 0.15) is 28.4 Å². The SMILES string of the molecule is CC(=O)N1[C@@H](C(=O)OCC(=O)Nc2ccc(C(N)=O)cc2)CS[C@H]1c1ccco1. The summed E-state index contributed by atoms with van der Waals surface area (Å²) in [5, 5.41) is 2.13. The highest BCUT2D eigenvalue weighted by molar-refractivity contribution is 7.99. The van der Waals surface area contributed by atoms with E-state index >= 15 is 0 Å². The van der Waals surface area contributed by atoms with E-state index in [9.17, 15) is 19.2 Å². The number of ether oxygens (including phenoxy) is 1. The molecule has 0 bridgehead atoms. The van der Waals surface area contributed by atoms with Gasteiger partial charge in [-0.15, -0.1) is 11.8 Å². The highest BCUT2D eigenvalue weighted by Gasteiger charge is 2.43. The molecule has 1 aliphatic rings. The minimum atomic E-state index is -0.810. The van der Waals surface area contributed by atoms with Crippen LogP contribution >= 0.6 is 11.8 Å². The minimum absolute atomic E-state index is 0.294. The Hall–Kier alpha value is -3.27. The normalized spacial score (nSPS) is 18.3. The van der Waals surface area contributed by atoms with Crippen molar-refractivity contribution < 1.29 is 28.3 Å². The quantitative estimate of drug-likeness (QED) is 0.681. The maximum atomic E-state index is 12.5. The molecular weight excluding hydrogens is 398 g/mol. The molecule has 1 aromatic heterocycles. The molecule has 1 aliphatic heterocycles. The first-order valence-electron chi connectivity index (χ1n) is 8.67. The van der Waals surface area contributed by atoms with Crippen molar-refractivity contribution in [3.8, 4) is 0 Å². The van der Waals surface area contributed by atoms with Crippen LogP contribution in [-0.2, 0) is 19.1 Å². The first-order chi connectivity index (χ1) is 13.9. The molecule has 10 heteroatoms. The van der Waals surface area contributed by atoms with E-state index in [0.717, 1.165) is 0 Å². The molecule has 1 aromatic carbocycles. The molecule has 2 atom stereocenters. The molecule has 2 heterocycles. The number of hydrogen-bond acceptors (Lipinski definition) is 7. The molecule has 29 heavy (non-hydrogen) atoms. The monoisotopic (exact) mass is 417 g/mol. The zero-order chi connectivity index (χ0) is 21.0. The number of nitrogens with zero attached hydrogens (tertiary/aromatic N) is 1. The zero-order valence-corrected chi connectivity index (χ0v) is 16.3. The number of primary amides is 1. The molecule has 3 N–H and O–H groups in total. The molecule has 0 aliphatic carbocycles. The summed E-state index contributed by atoms with van der Waals surface area (Å²) in [6.07, 6.45) is 1.50. The molecule has 0 saturated carbocycles. The van der Waals surface area contributed by atoms with Crippen molar-refractivity contribution in [2.45, 2.75) is 18.3 Å². The van der Waals surface area contributed by atoms with Gasteiger partial charge < -0.3 is 25.1 Å². The molecule has 3 rings (SSSR count). The van der Waals surface area contributed by atoms with Gasteiger partial charge in [-0.2, -0.15) is 0 Å². The van der Waals surface area contributed by atoms with Gasteiger partial charge in [0.1, 0.15) is 17.2 Å². The largest absolute Gasteiger partial charge is 0.466 e. The smallest absolute Gasteiger partial charge is 0.330 e. The minimum Gasteiger partial charge on any atom is -0.466 e. The van der Waals surface area contributed by atoms with Gasteiger partial charge in [0, 0.05) is 23.9 Å². The van der Waals surface area contributed by atoms with E-state index in [0.29, 0.717) is 22.8 Å². The molecule has 1 fully saturated rings. The van der Waals surface area contributed by atoms with Crippen LogP contribution in [0.2, 0.25) is 0 Å². The van der Waals surface area contributed by atoms with Crippen LogP contribution in [-0.4, -0.2) is 47.0 Å². The first kappa shape index (κ1) is 20.5. The fourth-order valence-electron chi connectivity index (χ4n) is 2.87. The Bertz CT molecular complexity index is 913. The Balaban J connectivity index is 1.56. The third-order valence-electron chi connectivity index (χ3n) is 4.22. The maximum absolute atomic E-state index is 12.5. The second-order valence-electron chi connectivity index (χ2n) is 6.24. The lowest BCUT2D eigenvalue weighted by Gasteiger charge is -2.25. The predicted octanol–water partition coefficient (Wildman–Crippen LogP) is 1.52. The van der Waals surface area contributed by atoms with Crippen molar-refractivity contribution in [3.05, 3.63) is 54.0 Å². The Morgan fingerprint density at radius 2 is 1.97 bits per heavy atom. The van der Waals surface area contributed by atoms with Gasteiger partial charge in [0.2, 0.25) is 11.8 Å². The first-order valence-corrected chi connectivity index (χ1v) is 9.72. The zero-order valence-electron chi connectivity index (χ0n) is 15.5. The van der Waals surface area contributed by atoms with Crippen molar-refractivity contribution in [2.24, 2.45) is 5.73 Å². The van der Waals surface area contributed by atoms with Gasteiger partial charge in [-0.1, -0.05) is 0 Å². The number of anilines is 1. The van der Waals surface area contributed by atoms with Gasteiger partial charge in [0.25, 0.3) is 5.91 Å². The standard InChI is InChI=1S/C19H19N3O6S/c1-11(23)22-14(10-29-18(22)15-3-2-8-27-15)19(26)28-9-16(24)21-13-6-4-12(5-7-13)17(20)25/h2-8,14,18H,9-10H2,1H3,(H2,20,25)(H,21,24)/t14-,18+/m1/s1. The summed E-state index contributed by atoms with van der Waals surface area (Å²) >= 11 is 1.39. The van der Waals surface area contributed by atoms with Gasteiger partial charge in [-0.25, -0.2) is 4.79 Å². The molecular formula is C19H19N3O6S. The number of esters is 1. The Kier molecular flexibility index (Phi) is 6.23. The van der Waals surface area contributed by atoms with Gasteiger partial charge in [-0.3, -0.25) is 14.4 Å². The van der Waals surface area contributed by atoms with Crippen molar-refractivity contribution in [2.75, 3.05) is 17.7 Å². The number of hydrogen-bond donors (Lipinski definition) is 2. The number of amides is 3. The third-order valence-corrected chi connectivity index (χ3v) is 5.50. The van der Waals surface area contributed by atoms with Crippen LogP contribution in [0.4, 0.5) is 5.69 Å². The number of carbonyl (C=O) groups is 4. The van der Waals surface area contributed by atoms with Gasteiger partial charge in [0.15, 0.2) is 6.61 Å². The lowest BCUT2D eigenvalue weighted by atomic mass is 10.2. The molecule has 152 valence electrons. The number of rotatable bonds is 6. The molecule has 0 spiro atoms. The van der Waals surface area contributed by atoms with Crippen molar-refractivity contribution >= 4 is 41.1 Å². The van der Waals surface area contributed by atoms with Crippen LogP contribution < -0.4 is 11.1 Å². The van der Waals surface area contributed by atoms with E-state index in [4.69, 9.17) is 14.9 Å². The summed E-state index contributed by atoms with van der Waals surface area (Å²) in [5.74, 6) is -1.18. The number of nitrogens with two attached hydrogens (primary N) is 1. The van der Waals surface area contributed by atoms with Gasteiger partial charge in [0.05, 0.1) is 6.26 Å². The maximum Gasteiger partial charge on any atom is 0.330 e. The fourth-order valence-corrected chi connectivity index (χ4v) is 4.29. The number of thioether (sulfide) groups is 1. The predicted molar refractivity (Wildman–Crippen MR) is 105 cm³/mol. The summed E-state index contributed by atoms with van der Waals surface area (Å²) in [6, 6.07) is 8.60. The van der Waals surface area contributed by atoms with Gasteiger partial charge in [-0.05, 0) is 36.4 Å². The summed E-state index contributed by atoms with van der Waals surface area (Å²) in [7, 11) is 0. The third kappa shape index (κ3) is 4.77. The van der Waals surface area contributed by atoms with E-state index in [1.165, 1.54) is 54.1 Å². The molecule has 9 nitrogen and oxygen atoms in total. The van der Waals surface area contributed by atoms with Crippen molar-refractivity contribution in [1.82, 2.24) is 4.90 Å². The number of benzene rings is 1. The summed E-state index contributed by atoms with van der Waals surface area (Å²) in [5.41, 5.74) is 5.90. The topological polar surface area (TPSA) is 132 Å². The summed E-state index contributed by atoms with van der Waals surface area (Å²) < 4.78 is 10.5. The van der Waals surface area contributed by atoms with Crippen LogP contribution in [0.5, 0.6) is 0 Å². The number of furan rings is 1. The van der Waals surface area contributed by atoms with E-state index in [1.807, 2.05) is 0 Å². The van der Waals surface area contributed by atoms with Crippen LogP contribution in [0.25, 0.3) is 0 Å². The average molecular weight is 417 g/mol. The van der Waals surface area contributed by atoms with Crippen molar-refractivity contribution in [3.63, 3.8) is 0 Å². The van der Waals surface area contributed by atoms with E-state index < -0.39 is 35.8 Å². The molecule has 1 saturated heterocycles. The molecule has 3 amide bonds. The summed E-state index contributed by atoms with van der Waals surface area (Å²) in [4.78, 5) is 49.0.